The highest BCUT2D eigenvalue weighted by atomic mass is 32.2. The summed E-state index contributed by atoms with van der Waals surface area (Å²) < 4.78 is 0. The van der Waals surface area contributed by atoms with Gasteiger partial charge in [-0.05, 0) is 22.8 Å². The molecule has 0 saturated carbocycles. The molecule has 0 aliphatic rings. The number of thioether (sulfide) groups is 1. The highest BCUT2D eigenvalue weighted by molar-refractivity contribution is 7.98. The van der Waals surface area contributed by atoms with Crippen molar-refractivity contribution in [3.05, 3.63) is 48.0 Å². The van der Waals surface area contributed by atoms with Crippen LogP contribution in [0.3, 0.4) is 0 Å². The fourth-order valence-corrected chi connectivity index (χ4v) is 3.28. The van der Waals surface area contributed by atoms with Crippen molar-refractivity contribution in [2.75, 3.05) is 12.3 Å². The Balaban J connectivity index is 1.76. The first-order valence-electron chi connectivity index (χ1n) is 7.80. The Morgan fingerprint density at radius 3 is 2.82 bits per heavy atom. The summed E-state index contributed by atoms with van der Waals surface area (Å²) in [6.45, 7) is 2.71. The lowest BCUT2D eigenvalue weighted by molar-refractivity contribution is -0.122. The molecule has 0 radical (unpaired) electrons. The third kappa shape index (κ3) is 4.75. The first-order chi connectivity index (χ1) is 10.7. The van der Waals surface area contributed by atoms with Crippen LogP contribution < -0.4 is 11.1 Å². The minimum atomic E-state index is -0.368. The summed E-state index contributed by atoms with van der Waals surface area (Å²) in [7, 11) is 0. The summed E-state index contributed by atoms with van der Waals surface area (Å²) in [6, 6.07) is 14.5. The zero-order valence-electron chi connectivity index (χ0n) is 13.0. The maximum atomic E-state index is 11.7. The van der Waals surface area contributed by atoms with Gasteiger partial charge in [-0.1, -0.05) is 55.8 Å². The minimum absolute atomic E-state index is 0.0346. The molecule has 4 heteroatoms. The molecular formula is C18H24N2OS. The van der Waals surface area contributed by atoms with E-state index in [9.17, 15) is 4.79 Å². The molecule has 22 heavy (non-hydrogen) atoms. The molecule has 2 aromatic rings. The number of carbonyl (C=O) groups excluding carboxylic acids is 1. The standard InChI is InChI=1S/C18H24N2OS/c1-2-6-17(19)18(21)20-11-12-22-13-15-9-5-8-14-7-3-4-10-16(14)15/h3-5,7-10,17H,2,6,11-13,19H2,1H3,(H,20,21). The number of amides is 1. The van der Waals surface area contributed by atoms with Gasteiger partial charge in [0.05, 0.1) is 6.04 Å². The maximum Gasteiger partial charge on any atom is 0.236 e. The lowest BCUT2D eigenvalue weighted by atomic mass is 10.1. The number of benzene rings is 2. The van der Waals surface area contributed by atoms with E-state index in [1.54, 1.807) is 0 Å². The van der Waals surface area contributed by atoms with Crippen molar-refractivity contribution in [3.63, 3.8) is 0 Å². The third-order valence-electron chi connectivity index (χ3n) is 3.62. The van der Waals surface area contributed by atoms with Gasteiger partial charge in [-0.2, -0.15) is 11.8 Å². The molecule has 0 aliphatic heterocycles. The van der Waals surface area contributed by atoms with Crippen LogP contribution in [0.4, 0.5) is 0 Å². The minimum Gasteiger partial charge on any atom is -0.354 e. The van der Waals surface area contributed by atoms with Crippen LogP contribution in [0.15, 0.2) is 42.5 Å². The summed E-state index contributed by atoms with van der Waals surface area (Å²) in [4.78, 5) is 11.7. The van der Waals surface area contributed by atoms with Gasteiger partial charge in [0.15, 0.2) is 0 Å². The summed E-state index contributed by atoms with van der Waals surface area (Å²) in [5, 5.41) is 5.49. The molecule has 2 rings (SSSR count). The second kappa shape index (κ2) is 8.81. The van der Waals surface area contributed by atoms with Crippen LogP contribution in [0.1, 0.15) is 25.3 Å². The molecule has 0 aromatic heterocycles. The molecule has 1 unspecified atom stereocenters. The van der Waals surface area contributed by atoms with E-state index in [-0.39, 0.29) is 11.9 Å². The Morgan fingerprint density at radius 2 is 2.00 bits per heavy atom. The van der Waals surface area contributed by atoms with E-state index >= 15 is 0 Å². The first-order valence-corrected chi connectivity index (χ1v) is 8.95. The molecule has 0 spiro atoms. The Morgan fingerprint density at radius 1 is 1.23 bits per heavy atom. The van der Waals surface area contributed by atoms with E-state index in [0.717, 1.165) is 24.3 Å². The lowest BCUT2D eigenvalue weighted by Gasteiger charge is -2.11. The van der Waals surface area contributed by atoms with Gasteiger partial charge in [-0.3, -0.25) is 4.79 Å². The molecule has 0 saturated heterocycles. The smallest absolute Gasteiger partial charge is 0.236 e. The molecule has 2 aromatic carbocycles. The van der Waals surface area contributed by atoms with Gasteiger partial charge in [0, 0.05) is 18.1 Å². The van der Waals surface area contributed by atoms with Gasteiger partial charge < -0.3 is 11.1 Å². The Hall–Kier alpha value is -1.52. The Kier molecular flexibility index (Phi) is 6.74. The third-order valence-corrected chi connectivity index (χ3v) is 4.63. The van der Waals surface area contributed by atoms with E-state index in [4.69, 9.17) is 5.73 Å². The van der Waals surface area contributed by atoms with Crippen LogP contribution in [0.2, 0.25) is 0 Å². The molecule has 0 heterocycles. The number of rotatable bonds is 8. The van der Waals surface area contributed by atoms with Gasteiger partial charge in [-0.15, -0.1) is 0 Å². The molecule has 1 atom stereocenters. The number of nitrogens with one attached hydrogen (secondary N) is 1. The van der Waals surface area contributed by atoms with Gasteiger partial charge >= 0.3 is 0 Å². The van der Waals surface area contributed by atoms with Crippen LogP contribution in [0, 0.1) is 0 Å². The normalized spacial score (nSPS) is 12.3. The fourth-order valence-electron chi connectivity index (χ4n) is 2.42. The maximum absolute atomic E-state index is 11.7. The molecule has 3 nitrogen and oxygen atoms in total. The average Bonchev–Trinajstić information content (AvgIpc) is 2.54. The Labute approximate surface area is 136 Å². The average molecular weight is 316 g/mol. The van der Waals surface area contributed by atoms with Crippen molar-refractivity contribution < 1.29 is 4.79 Å². The summed E-state index contributed by atoms with van der Waals surface area (Å²) in [5.41, 5.74) is 7.12. The van der Waals surface area contributed by atoms with Crippen LogP contribution in [0.5, 0.6) is 0 Å². The van der Waals surface area contributed by atoms with Crippen molar-refractivity contribution in [3.8, 4) is 0 Å². The molecular weight excluding hydrogens is 292 g/mol. The molecule has 0 fully saturated rings. The number of fused-ring (bicyclic) bond motifs is 1. The molecule has 1 amide bonds. The van der Waals surface area contributed by atoms with Crippen molar-refractivity contribution in [2.24, 2.45) is 5.73 Å². The van der Waals surface area contributed by atoms with Crippen LogP contribution in [0.25, 0.3) is 10.8 Å². The number of nitrogens with two attached hydrogens (primary N) is 1. The number of hydrogen-bond donors (Lipinski definition) is 2. The summed E-state index contributed by atoms with van der Waals surface area (Å²) >= 11 is 1.83. The fraction of sp³-hybridized carbons (Fsp3) is 0.389. The first kappa shape index (κ1) is 16.8. The zero-order chi connectivity index (χ0) is 15.8. The van der Waals surface area contributed by atoms with E-state index in [2.05, 4.69) is 47.8 Å². The monoisotopic (exact) mass is 316 g/mol. The van der Waals surface area contributed by atoms with E-state index in [0.29, 0.717) is 6.54 Å². The van der Waals surface area contributed by atoms with E-state index < -0.39 is 0 Å². The predicted molar refractivity (Wildman–Crippen MR) is 96.0 cm³/mol. The largest absolute Gasteiger partial charge is 0.354 e. The van der Waals surface area contributed by atoms with Crippen molar-refractivity contribution in [2.45, 2.75) is 31.6 Å². The van der Waals surface area contributed by atoms with Crippen molar-refractivity contribution in [1.29, 1.82) is 0 Å². The van der Waals surface area contributed by atoms with Crippen LogP contribution in [-0.4, -0.2) is 24.2 Å². The zero-order valence-corrected chi connectivity index (χ0v) is 13.9. The predicted octanol–water partition coefficient (Wildman–Crippen LogP) is 3.32. The van der Waals surface area contributed by atoms with Crippen molar-refractivity contribution in [1.82, 2.24) is 5.32 Å². The second-order valence-electron chi connectivity index (χ2n) is 5.38. The number of carbonyl (C=O) groups is 1. The SMILES string of the molecule is CCCC(N)C(=O)NCCSCc1cccc2ccccc12. The van der Waals surface area contributed by atoms with Crippen LogP contribution in [-0.2, 0) is 10.5 Å². The second-order valence-corrected chi connectivity index (χ2v) is 6.48. The summed E-state index contributed by atoms with van der Waals surface area (Å²) in [6.07, 6.45) is 1.68. The molecule has 3 N–H and O–H groups in total. The molecule has 118 valence electrons. The topological polar surface area (TPSA) is 55.1 Å². The quantitative estimate of drug-likeness (QED) is 0.735. The van der Waals surface area contributed by atoms with E-state index in [1.165, 1.54) is 16.3 Å². The highest BCUT2D eigenvalue weighted by Gasteiger charge is 2.10. The number of hydrogen-bond acceptors (Lipinski definition) is 3. The lowest BCUT2D eigenvalue weighted by Crippen LogP contribution is -2.41. The van der Waals surface area contributed by atoms with Gasteiger partial charge in [-0.25, -0.2) is 0 Å². The molecule has 0 aliphatic carbocycles. The van der Waals surface area contributed by atoms with Gasteiger partial charge in [0.2, 0.25) is 5.91 Å². The van der Waals surface area contributed by atoms with Crippen molar-refractivity contribution >= 4 is 28.4 Å². The van der Waals surface area contributed by atoms with Gasteiger partial charge in [0.1, 0.15) is 0 Å². The van der Waals surface area contributed by atoms with Crippen LogP contribution >= 0.6 is 11.8 Å². The van der Waals surface area contributed by atoms with E-state index in [1.807, 2.05) is 18.7 Å². The Bertz CT molecular complexity index is 610. The molecule has 0 bridgehead atoms. The van der Waals surface area contributed by atoms with Gasteiger partial charge in [0.25, 0.3) is 0 Å². The summed E-state index contributed by atoms with van der Waals surface area (Å²) in [5.74, 6) is 1.82. The highest BCUT2D eigenvalue weighted by Crippen LogP contribution is 2.22.